The molecule has 0 bridgehead atoms. The third-order valence-electron chi connectivity index (χ3n) is 2.05. The molecule has 0 radical (unpaired) electrons. The van der Waals surface area contributed by atoms with Crippen LogP contribution in [0.25, 0.3) is 11.0 Å². The van der Waals surface area contributed by atoms with Gasteiger partial charge in [0.25, 0.3) is 5.91 Å². The summed E-state index contributed by atoms with van der Waals surface area (Å²) in [5.41, 5.74) is 1.42. The smallest absolute Gasteiger partial charge is 0.254 e. The van der Waals surface area contributed by atoms with Gasteiger partial charge in [0.1, 0.15) is 5.65 Å². The van der Waals surface area contributed by atoms with Crippen LogP contribution in [0, 0.1) is 0 Å². The molecule has 2 aromatic heterocycles. The molecule has 0 aliphatic heterocycles. The van der Waals surface area contributed by atoms with Gasteiger partial charge in [-0.25, -0.2) is 4.98 Å². The Balaban J connectivity index is 2.48. The van der Waals surface area contributed by atoms with E-state index in [0.717, 1.165) is 11.0 Å². The first-order chi connectivity index (χ1) is 6.68. The zero-order valence-electron chi connectivity index (χ0n) is 8.11. The lowest BCUT2D eigenvalue weighted by Crippen LogP contribution is -2.21. The summed E-state index contributed by atoms with van der Waals surface area (Å²) in [5, 5.41) is 0.956. The number of fused-ring (bicyclic) bond motifs is 1. The maximum atomic E-state index is 11.6. The zero-order valence-corrected chi connectivity index (χ0v) is 8.11. The van der Waals surface area contributed by atoms with Crippen LogP contribution in [0.5, 0.6) is 0 Å². The number of rotatable bonds is 1. The number of nitrogens with zero attached hydrogens (tertiary/aromatic N) is 2. The second kappa shape index (κ2) is 3.14. The number of carbonyl (C=O) groups is 1. The largest absolute Gasteiger partial charge is 0.346 e. The minimum atomic E-state index is -0.0272. The second-order valence-corrected chi connectivity index (χ2v) is 3.34. The van der Waals surface area contributed by atoms with E-state index in [1.54, 1.807) is 20.3 Å². The average Bonchev–Trinajstić information content (AvgIpc) is 2.62. The van der Waals surface area contributed by atoms with Crippen molar-refractivity contribution in [2.45, 2.75) is 0 Å². The fourth-order valence-corrected chi connectivity index (χ4v) is 1.31. The Morgan fingerprint density at radius 1 is 1.50 bits per heavy atom. The van der Waals surface area contributed by atoms with Crippen LogP contribution in [-0.2, 0) is 0 Å². The Bertz CT molecular complexity index is 473. The number of pyridine rings is 1. The molecule has 0 aliphatic carbocycles. The third kappa shape index (κ3) is 1.35. The molecule has 0 aliphatic rings. The number of hydrogen-bond acceptors (Lipinski definition) is 2. The second-order valence-electron chi connectivity index (χ2n) is 3.34. The van der Waals surface area contributed by atoms with Gasteiger partial charge < -0.3 is 9.88 Å². The normalized spacial score (nSPS) is 10.4. The van der Waals surface area contributed by atoms with E-state index in [4.69, 9.17) is 0 Å². The van der Waals surface area contributed by atoms with Crippen molar-refractivity contribution in [3.8, 4) is 0 Å². The van der Waals surface area contributed by atoms with Crippen molar-refractivity contribution >= 4 is 16.9 Å². The Labute approximate surface area is 81.6 Å². The average molecular weight is 189 g/mol. The monoisotopic (exact) mass is 189 g/mol. The van der Waals surface area contributed by atoms with E-state index in [2.05, 4.69) is 9.97 Å². The van der Waals surface area contributed by atoms with Crippen LogP contribution in [0.1, 0.15) is 10.4 Å². The van der Waals surface area contributed by atoms with Gasteiger partial charge in [-0.15, -0.1) is 0 Å². The summed E-state index contributed by atoms with van der Waals surface area (Å²) in [6.45, 7) is 0. The van der Waals surface area contributed by atoms with E-state index in [9.17, 15) is 4.79 Å². The minimum absolute atomic E-state index is 0.0272. The highest BCUT2D eigenvalue weighted by atomic mass is 16.2. The molecule has 72 valence electrons. The molecule has 0 atom stereocenters. The quantitative estimate of drug-likeness (QED) is 0.734. The van der Waals surface area contributed by atoms with E-state index < -0.39 is 0 Å². The number of aromatic amines is 1. The molecule has 1 amide bonds. The fraction of sp³-hybridized carbons (Fsp3) is 0.200. The first-order valence-corrected chi connectivity index (χ1v) is 4.33. The van der Waals surface area contributed by atoms with E-state index in [0.29, 0.717) is 5.56 Å². The summed E-state index contributed by atoms with van der Waals surface area (Å²) in [7, 11) is 3.45. The van der Waals surface area contributed by atoms with Gasteiger partial charge in [-0.05, 0) is 12.1 Å². The predicted octanol–water partition coefficient (Wildman–Crippen LogP) is 1.26. The molecule has 4 nitrogen and oxygen atoms in total. The number of amides is 1. The molecule has 2 heterocycles. The van der Waals surface area contributed by atoms with Gasteiger partial charge in [0.15, 0.2) is 0 Å². The Kier molecular flexibility index (Phi) is 1.96. The molecule has 4 heteroatoms. The Morgan fingerprint density at radius 2 is 2.29 bits per heavy atom. The SMILES string of the molecule is CN(C)C(=O)c1cnc2[nH]ccc2c1. The summed E-state index contributed by atoms with van der Waals surface area (Å²) < 4.78 is 0. The number of hydrogen-bond donors (Lipinski definition) is 1. The molecule has 2 rings (SSSR count). The van der Waals surface area contributed by atoms with Gasteiger partial charge in [0.2, 0.25) is 0 Å². The van der Waals surface area contributed by atoms with Crippen molar-refractivity contribution in [2.24, 2.45) is 0 Å². The zero-order chi connectivity index (χ0) is 10.1. The number of H-pyrrole nitrogens is 1. The van der Waals surface area contributed by atoms with Gasteiger partial charge in [-0.1, -0.05) is 0 Å². The van der Waals surface area contributed by atoms with Gasteiger partial charge in [-0.3, -0.25) is 4.79 Å². The summed E-state index contributed by atoms with van der Waals surface area (Å²) in [4.78, 5) is 20.2. The lowest BCUT2D eigenvalue weighted by atomic mass is 10.2. The lowest BCUT2D eigenvalue weighted by Gasteiger charge is -2.09. The van der Waals surface area contributed by atoms with Crippen LogP contribution in [0.3, 0.4) is 0 Å². The highest BCUT2D eigenvalue weighted by Gasteiger charge is 2.08. The number of nitrogens with one attached hydrogen (secondary N) is 1. The van der Waals surface area contributed by atoms with Crippen molar-refractivity contribution in [1.82, 2.24) is 14.9 Å². The van der Waals surface area contributed by atoms with Crippen molar-refractivity contribution in [1.29, 1.82) is 0 Å². The van der Waals surface area contributed by atoms with Crippen LogP contribution < -0.4 is 0 Å². The lowest BCUT2D eigenvalue weighted by molar-refractivity contribution is 0.0827. The van der Waals surface area contributed by atoms with Crippen LogP contribution in [-0.4, -0.2) is 34.9 Å². The summed E-state index contributed by atoms with van der Waals surface area (Å²) in [5.74, 6) is -0.0272. The topological polar surface area (TPSA) is 49.0 Å². The maximum absolute atomic E-state index is 11.6. The van der Waals surface area contributed by atoms with E-state index in [1.165, 1.54) is 4.90 Å². The molecular formula is C10H11N3O. The molecule has 1 N–H and O–H groups in total. The minimum Gasteiger partial charge on any atom is -0.346 e. The molecule has 0 saturated heterocycles. The Morgan fingerprint density at radius 3 is 3.00 bits per heavy atom. The number of aromatic nitrogens is 2. The van der Waals surface area contributed by atoms with Gasteiger partial charge in [0.05, 0.1) is 5.56 Å². The van der Waals surface area contributed by atoms with E-state index in [-0.39, 0.29) is 5.91 Å². The summed E-state index contributed by atoms with van der Waals surface area (Å²) in [6.07, 6.45) is 3.39. The van der Waals surface area contributed by atoms with Crippen molar-refractivity contribution in [3.05, 3.63) is 30.1 Å². The van der Waals surface area contributed by atoms with Gasteiger partial charge in [0, 0.05) is 31.9 Å². The molecule has 0 aromatic carbocycles. The van der Waals surface area contributed by atoms with Crippen LogP contribution >= 0.6 is 0 Å². The van der Waals surface area contributed by atoms with Crippen molar-refractivity contribution in [3.63, 3.8) is 0 Å². The predicted molar refractivity (Wildman–Crippen MR) is 54.1 cm³/mol. The maximum Gasteiger partial charge on any atom is 0.254 e. The summed E-state index contributed by atoms with van der Waals surface area (Å²) in [6, 6.07) is 3.73. The fourth-order valence-electron chi connectivity index (χ4n) is 1.31. The first kappa shape index (κ1) is 8.74. The number of carbonyl (C=O) groups excluding carboxylic acids is 1. The molecule has 0 unspecified atom stereocenters. The van der Waals surface area contributed by atoms with Crippen molar-refractivity contribution < 1.29 is 4.79 Å². The van der Waals surface area contributed by atoms with Crippen LogP contribution in [0.2, 0.25) is 0 Å². The molecular weight excluding hydrogens is 178 g/mol. The van der Waals surface area contributed by atoms with E-state index >= 15 is 0 Å². The Hall–Kier alpha value is -1.84. The third-order valence-corrected chi connectivity index (χ3v) is 2.05. The highest BCUT2D eigenvalue weighted by Crippen LogP contribution is 2.11. The van der Waals surface area contributed by atoms with Crippen LogP contribution in [0.15, 0.2) is 24.5 Å². The standard InChI is InChI=1S/C10H11N3O/c1-13(2)10(14)8-5-7-3-4-11-9(7)12-6-8/h3-6H,1-2H3,(H,11,12). The first-order valence-electron chi connectivity index (χ1n) is 4.33. The molecule has 0 spiro atoms. The van der Waals surface area contributed by atoms with Crippen molar-refractivity contribution in [2.75, 3.05) is 14.1 Å². The summed E-state index contributed by atoms with van der Waals surface area (Å²) >= 11 is 0. The molecule has 0 fully saturated rings. The van der Waals surface area contributed by atoms with E-state index in [1.807, 2.05) is 18.3 Å². The molecule has 14 heavy (non-hydrogen) atoms. The van der Waals surface area contributed by atoms with Gasteiger partial charge in [-0.2, -0.15) is 0 Å². The van der Waals surface area contributed by atoms with Gasteiger partial charge >= 0.3 is 0 Å². The molecule has 0 saturated carbocycles. The van der Waals surface area contributed by atoms with Crippen LogP contribution in [0.4, 0.5) is 0 Å². The molecule has 2 aromatic rings. The highest BCUT2D eigenvalue weighted by molar-refractivity contribution is 5.96.